The van der Waals surface area contributed by atoms with Crippen molar-refractivity contribution in [1.82, 2.24) is 10.6 Å². The summed E-state index contributed by atoms with van der Waals surface area (Å²) in [5.41, 5.74) is -0.293. The molecule has 0 aliphatic heterocycles. The molecule has 3 atom stereocenters. The van der Waals surface area contributed by atoms with Crippen molar-refractivity contribution in [2.75, 3.05) is 0 Å². The number of carboxylic acid groups (broad SMARTS) is 2. The lowest BCUT2D eigenvalue weighted by Crippen LogP contribution is -2.55. The van der Waals surface area contributed by atoms with Gasteiger partial charge in [0.25, 0.3) is 0 Å². The Bertz CT molecular complexity index is 436. The van der Waals surface area contributed by atoms with E-state index in [1.54, 1.807) is 0 Å². The third-order valence-electron chi connectivity index (χ3n) is 4.89. The van der Waals surface area contributed by atoms with Gasteiger partial charge in [-0.1, -0.05) is 34.6 Å². The molecule has 0 spiro atoms. The topological polar surface area (TPSA) is 98.7 Å². The van der Waals surface area contributed by atoms with E-state index in [2.05, 4.69) is 45.3 Å². The average Bonchev–Trinajstić information content (AvgIpc) is 2.29. The minimum atomic E-state index is -1.01. The van der Waals surface area contributed by atoms with Crippen LogP contribution in [0.15, 0.2) is 0 Å². The fourth-order valence-corrected chi connectivity index (χ4v) is 4.33. The summed E-state index contributed by atoms with van der Waals surface area (Å²) in [6.07, 6.45) is 2.01. The Hall–Kier alpha value is -1.46. The maximum Gasteiger partial charge on any atom is 0.404 e. The van der Waals surface area contributed by atoms with Crippen molar-refractivity contribution in [3.8, 4) is 0 Å². The van der Waals surface area contributed by atoms with E-state index in [4.69, 9.17) is 5.11 Å². The van der Waals surface area contributed by atoms with E-state index in [9.17, 15) is 14.7 Å². The molecule has 0 aromatic rings. The van der Waals surface area contributed by atoms with Gasteiger partial charge in [-0.05, 0) is 48.9 Å². The van der Waals surface area contributed by atoms with Crippen LogP contribution < -0.4 is 10.6 Å². The first kappa shape index (κ1) is 19.6. The fourth-order valence-electron chi connectivity index (χ4n) is 4.33. The SMILES string of the molecule is CC(C)CCC(NC(=O)O)C1(C)CC(NC(=O)O)CC(C)(C)C1. The molecule has 3 unspecified atom stereocenters. The molecule has 1 saturated carbocycles. The summed E-state index contributed by atoms with van der Waals surface area (Å²) >= 11 is 0. The monoisotopic (exact) mass is 328 g/mol. The molecule has 134 valence electrons. The van der Waals surface area contributed by atoms with E-state index in [0.717, 1.165) is 25.7 Å². The molecular weight excluding hydrogens is 296 g/mol. The third-order valence-corrected chi connectivity index (χ3v) is 4.89. The summed E-state index contributed by atoms with van der Waals surface area (Å²) in [6.45, 7) is 10.6. The zero-order chi connectivity index (χ0) is 17.8. The molecular formula is C17H32N2O4. The van der Waals surface area contributed by atoms with Gasteiger partial charge in [0.1, 0.15) is 0 Å². The Morgan fingerprint density at radius 3 is 2.17 bits per heavy atom. The summed E-state index contributed by atoms with van der Waals surface area (Å²) < 4.78 is 0. The second-order valence-corrected chi connectivity index (χ2v) is 8.52. The maximum atomic E-state index is 11.2. The normalized spacial score (nSPS) is 28.2. The second kappa shape index (κ2) is 7.41. The Kier molecular flexibility index (Phi) is 6.31. The highest BCUT2D eigenvalue weighted by Gasteiger charge is 2.46. The minimum Gasteiger partial charge on any atom is -0.465 e. The van der Waals surface area contributed by atoms with Crippen LogP contribution in [-0.4, -0.2) is 34.5 Å². The number of carbonyl (C=O) groups is 2. The first-order valence-corrected chi connectivity index (χ1v) is 8.42. The number of hydrogen-bond acceptors (Lipinski definition) is 2. The van der Waals surface area contributed by atoms with Crippen molar-refractivity contribution in [2.45, 2.75) is 78.8 Å². The molecule has 1 aliphatic carbocycles. The Morgan fingerprint density at radius 1 is 1.09 bits per heavy atom. The first-order valence-electron chi connectivity index (χ1n) is 8.42. The first-order chi connectivity index (χ1) is 10.4. The van der Waals surface area contributed by atoms with Crippen molar-refractivity contribution in [3.63, 3.8) is 0 Å². The van der Waals surface area contributed by atoms with Gasteiger partial charge in [-0.3, -0.25) is 0 Å². The molecule has 6 nitrogen and oxygen atoms in total. The van der Waals surface area contributed by atoms with Gasteiger partial charge < -0.3 is 20.8 Å². The molecule has 1 fully saturated rings. The zero-order valence-electron chi connectivity index (χ0n) is 15.0. The van der Waals surface area contributed by atoms with Gasteiger partial charge in [0.2, 0.25) is 0 Å². The van der Waals surface area contributed by atoms with E-state index in [1.165, 1.54) is 0 Å². The quantitative estimate of drug-likeness (QED) is 0.594. The van der Waals surface area contributed by atoms with E-state index in [0.29, 0.717) is 12.3 Å². The molecule has 0 aromatic carbocycles. The van der Waals surface area contributed by atoms with E-state index in [1.807, 2.05) is 0 Å². The molecule has 0 saturated heterocycles. The van der Waals surface area contributed by atoms with Crippen molar-refractivity contribution >= 4 is 12.2 Å². The van der Waals surface area contributed by atoms with Crippen LogP contribution in [0.5, 0.6) is 0 Å². The van der Waals surface area contributed by atoms with Crippen molar-refractivity contribution in [1.29, 1.82) is 0 Å². The maximum absolute atomic E-state index is 11.2. The van der Waals surface area contributed by atoms with Gasteiger partial charge in [0, 0.05) is 12.1 Å². The molecule has 0 aromatic heterocycles. The molecule has 1 rings (SSSR count). The highest BCUT2D eigenvalue weighted by Crippen LogP contribution is 2.49. The molecule has 0 radical (unpaired) electrons. The number of amides is 2. The highest BCUT2D eigenvalue weighted by molar-refractivity contribution is 5.65. The van der Waals surface area contributed by atoms with Crippen LogP contribution in [0.2, 0.25) is 0 Å². The Morgan fingerprint density at radius 2 is 1.70 bits per heavy atom. The lowest BCUT2D eigenvalue weighted by molar-refractivity contribution is 0.0349. The number of nitrogens with one attached hydrogen (secondary N) is 2. The lowest BCUT2D eigenvalue weighted by Gasteiger charge is -2.50. The summed E-state index contributed by atoms with van der Waals surface area (Å²) in [7, 11) is 0. The van der Waals surface area contributed by atoms with Gasteiger partial charge in [0.15, 0.2) is 0 Å². The smallest absolute Gasteiger partial charge is 0.404 e. The predicted molar refractivity (Wildman–Crippen MR) is 89.7 cm³/mol. The van der Waals surface area contributed by atoms with E-state index < -0.39 is 12.2 Å². The lowest BCUT2D eigenvalue weighted by atomic mass is 9.59. The van der Waals surface area contributed by atoms with Gasteiger partial charge in [-0.2, -0.15) is 0 Å². The molecule has 6 heteroatoms. The Balaban J connectivity index is 2.98. The van der Waals surface area contributed by atoms with E-state index >= 15 is 0 Å². The standard InChI is InChI=1S/C17H32N2O4/c1-11(2)6-7-13(19-15(22)23)17(5)9-12(18-14(20)21)8-16(3,4)10-17/h11-13,18-19H,6-10H2,1-5H3,(H,20,21)(H,22,23). The molecule has 0 bridgehead atoms. The van der Waals surface area contributed by atoms with Crippen LogP contribution in [0.1, 0.15) is 66.7 Å². The van der Waals surface area contributed by atoms with Gasteiger partial charge >= 0.3 is 12.2 Å². The van der Waals surface area contributed by atoms with Gasteiger partial charge in [-0.15, -0.1) is 0 Å². The molecule has 0 heterocycles. The van der Waals surface area contributed by atoms with Crippen molar-refractivity contribution in [3.05, 3.63) is 0 Å². The zero-order valence-corrected chi connectivity index (χ0v) is 15.0. The third kappa shape index (κ3) is 6.28. The second-order valence-electron chi connectivity index (χ2n) is 8.52. The van der Waals surface area contributed by atoms with Crippen LogP contribution in [0, 0.1) is 16.7 Å². The number of hydrogen-bond donors (Lipinski definition) is 4. The molecule has 4 N–H and O–H groups in total. The summed E-state index contributed by atoms with van der Waals surface area (Å²) in [5.74, 6) is 0.501. The highest BCUT2D eigenvalue weighted by atomic mass is 16.4. The summed E-state index contributed by atoms with van der Waals surface area (Å²) in [6, 6.07) is -0.307. The van der Waals surface area contributed by atoms with Gasteiger partial charge in [0.05, 0.1) is 0 Å². The molecule has 23 heavy (non-hydrogen) atoms. The largest absolute Gasteiger partial charge is 0.465 e. The minimum absolute atomic E-state index is 0.0314. The van der Waals surface area contributed by atoms with Crippen LogP contribution >= 0.6 is 0 Å². The van der Waals surface area contributed by atoms with Gasteiger partial charge in [-0.25, -0.2) is 9.59 Å². The molecule has 1 aliphatic rings. The van der Waals surface area contributed by atoms with Crippen LogP contribution in [-0.2, 0) is 0 Å². The number of rotatable bonds is 6. The van der Waals surface area contributed by atoms with Crippen LogP contribution in [0.3, 0.4) is 0 Å². The fraction of sp³-hybridized carbons (Fsp3) is 0.882. The van der Waals surface area contributed by atoms with Crippen LogP contribution in [0.4, 0.5) is 9.59 Å². The van der Waals surface area contributed by atoms with Crippen molar-refractivity contribution in [2.24, 2.45) is 16.7 Å². The summed E-state index contributed by atoms with van der Waals surface area (Å²) in [5, 5.41) is 23.6. The summed E-state index contributed by atoms with van der Waals surface area (Å²) in [4.78, 5) is 22.3. The average molecular weight is 328 g/mol. The Labute approximate surface area is 139 Å². The van der Waals surface area contributed by atoms with E-state index in [-0.39, 0.29) is 22.9 Å². The van der Waals surface area contributed by atoms with Crippen LogP contribution in [0.25, 0.3) is 0 Å². The van der Waals surface area contributed by atoms with Crippen molar-refractivity contribution < 1.29 is 19.8 Å². The molecule has 2 amide bonds. The predicted octanol–water partition coefficient (Wildman–Crippen LogP) is 3.91.